The molecule has 1 aromatic rings. The van der Waals surface area contributed by atoms with E-state index in [1.807, 2.05) is 0 Å². The van der Waals surface area contributed by atoms with Crippen molar-refractivity contribution in [3.63, 3.8) is 0 Å². The van der Waals surface area contributed by atoms with Gasteiger partial charge in [-0.25, -0.2) is 0 Å². The van der Waals surface area contributed by atoms with E-state index >= 15 is 0 Å². The maximum atomic E-state index is 6.15. The summed E-state index contributed by atoms with van der Waals surface area (Å²) in [6, 6.07) is 6.36. The average molecular weight is 233 g/mol. The number of benzene rings is 1. The van der Waals surface area contributed by atoms with Gasteiger partial charge in [0.25, 0.3) is 0 Å². The minimum Gasteiger partial charge on any atom is -0.488 e. The van der Waals surface area contributed by atoms with E-state index in [1.165, 1.54) is 11.3 Å². The molecular weight excluding hydrogens is 210 g/mol. The highest BCUT2D eigenvalue weighted by atomic mass is 16.5. The Bertz CT molecular complexity index is 385. The van der Waals surface area contributed by atoms with Gasteiger partial charge in [0.15, 0.2) is 0 Å². The van der Waals surface area contributed by atoms with Crippen LogP contribution in [0, 0.1) is 5.92 Å². The van der Waals surface area contributed by atoms with Crippen LogP contribution in [0.3, 0.4) is 0 Å². The van der Waals surface area contributed by atoms with Gasteiger partial charge in [0.1, 0.15) is 11.9 Å². The Morgan fingerprint density at radius 2 is 2.00 bits per heavy atom. The van der Waals surface area contributed by atoms with Crippen LogP contribution in [-0.4, -0.2) is 12.6 Å². The molecule has 17 heavy (non-hydrogen) atoms. The molecule has 1 N–H and O–H groups in total. The first-order valence-corrected chi connectivity index (χ1v) is 6.63. The molecule has 1 aliphatic heterocycles. The Balaban J connectivity index is 2.34. The molecule has 0 saturated heterocycles. The van der Waals surface area contributed by atoms with Crippen LogP contribution >= 0.6 is 0 Å². The zero-order chi connectivity index (χ0) is 12.4. The Hall–Kier alpha value is -1.18. The van der Waals surface area contributed by atoms with E-state index in [9.17, 15) is 0 Å². The maximum Gasteiger partial charge on any atom is 0.143 e. The zero-order valence-electron chi connectivity index (χ0n) is 11.3. The molecule has 2 rings (SSSR count). The van der Waals surface area contributed by atoms with Gasteiger partial charge in [-0.05, 0) is 23.5 Å². The van der Waals surface area contributed by atoms with Gasteiger partial charge < -0.3 is 10.1 Å². The van der Waals surface area contributed by atoms with E-state index in [4.69, 9.17) is 4.74 Å². The second kappa shape index (κ2) is 4.99. The van der Waals surface area contributed by atoms with Crippen LogP contribution in [-0.2, 0) is 0 Å². The van der Waals surface area contributed by atoms with Gasteiger partial charge in [0.05, 0.1) is 5.69 Å². The third kappa shape index (κ3) is 2.56. The molecule has 94 valence electrons. The summed E-state index contributed by atoms with van der Waals surface area (Å²) in [5, 5.41) is 3.53. The van der Waals surface area contributed by atoms with Gasteiger partial charge in [-0.3, -0.25) is 0 Å². The summed E-state index contributed by atoms with van der Waals surface area (Å²) in [5.74, 6) is 2.11. The van der Waals surface area contributed by atoms with Crippen LogP contribution in [0.2, 0.25) is 0 Å². The molecule has 1 aliphatic rings. The van der Waals surface area contributed by atoms with Gasteiger partial charge in [0.2, 0.25) is 0 Å². The third-order valence-corrected chi connectivity index (χ3v) is 3.43. The lowest BCUT2D eigenvalue weighted by Gasteiger charge is -2.21. The highest BCUT2D eigenvalue weighted by Gasteiger charge is 2.22. The lowest BCUT2D eigenvalue weighted by molar-refractivity contribution is 0.150. The maximum absolute atomic E-state index is 6.15. The number of ether oxygens (including phenoxy) is 1. The van der Waals surface area contributed by atoms with Gasteiger partial charge in [0, 0.05) is 13.0 Å². The monoisotopic (exact) mass is 233 g/mol. The summed E-state index contributed by atoms with van der Waals surface area (Å²) in [7, 11) is 0. The average Bonchev–Trinajstić information content (AvgIpc) is 2.49. The van der Waals surface area contributed by atoms with E-state index in [2.05, 4.69) is 51.2 Å². The molecule has 0 aliphatic carbocycles. The number of anilines is 1. The van der Waals surface area contributed by atoms with Crippen LogP contribution in [0.25, 0.3) is 0 Å². The molecule has 0 radical (unpaired) electrons. The van der Waals surface area contributed by atoms with Crippen LogP contribution in [0.4, 0.5) is 5.69 Å². The minimum atomic E-state index is 0.325. The van der Waals surface area contributed by atoms with Crippen molar-refractivity contribution in [2.45, 2.75) is 46.1 Å². The van der Waals surface area contributed by atoms with E-state index in [0.29, 0.717) is 17.9 Å². The van der Waals surface area contributed by atoms with Crippen molar-refractivity contribution in [3.8, 4) is 5.75 Å². The van der Waals surface area contributed by atoms with Crippen molar-refractivity contribution < 1.29 is 4.74 Å². The number of para-hydroxylation sites is 1. The van der Waals surface area contributed by atoms with Gasteiger partial charge >= 0.3 is 0 Å². The summed E-state index contributed by atoms with van der Waals surface area (Å²) >= 11 is 0. The quantitative estimate of drug-likeness (QED) is 0.832. The highest BCUT2D eigenvalue weighted by Crippen LogP contribution is 2.36. The van der Waals surface area contributed by atoms with E-state index in [1.54, 1.807) is 0 Å². The second-order valence-corrected chi connectivity index (χ2v) is 5.49. The summed E-state index contributed by atoms with van der Waals surface area (Å²) < 4.78 is 6.15. The Morgan fingerprint density at radius 1 is 1.24 bits per heavy atom. The zero-order valence-corrected chi connectivity index (χ0v) is 11.3. The first-order chi connectivity index (χ1) is 8.09. The molecule has 1 unspecified atom stereocenters. The van der Waals surface area contributed by atoms with E-state index < -0.39 is 0 Å². The molecule has 0 saturated carbocycles. The lowest BCUT2D eigenvalue weighted by atomic mass is 10.0. The fourth-order valence-electron chi connectivity index (χ4n) is 2.35. The third-order valence-electron chi connectivity index (χ3n) is 3.43. The molecule has 2 heteroatoms. The molecule has 0 spiro atoms. The predicted octanol–water partition coefficient (Wildman–Crippen LogP) is 4.03. The number of fused-ring (bicyclic) bond motifs is 1. The Kier molecular flexibility index (Phi) is 3.60. The fraction of sp³-hybridized carbons (Fsp3) is 0.600. The van der Waals surface area contributed by atoms with Gasteiger partial charge in [-0.2, -0.15) is 0 Å². The largest absolute Gasteiger partial charge is 0.488 e. The first-order valence-electron chi connectivity index (χ1n) is 6.63. The molecular formula is C15H23NO. The van der Waals surface area contributed by atoms with Crippen molar-refractivity contribution in [2.75, 3.05) is 11.9 Å². The minimum absolute atomic E-state index is 0.325. The normalized spacial score (nSPS) is 19.5. The lowest BCUT2D eigenvalue weighted by Crippen LogP contribution is -2.23. The smallest absolute Gasteiger partial charge is 0.143 e. The van der Waals surface area contributed by atoms with Crippen molar-refractivity contribution in [1.29, 1.82) is 0 Å². The second-order valence-electron chi connectivity index (χ2n) is 5.49. The van der Waals surface area contributed by atoms with E-state index in [0.717, 1.165) is 18.7 Å². The molecule has 0 bridgehead atoms. The number of hydrogen-bond acceptors (Lipinski definition) is 2. The van der Waals surface area contributed by atoms with Crippen molar-refractivity contribution in [1.82, 2.24) is 0 Å². The van der Waals surface area contributed by atoms with E-state index in [-0.39, 0.29) is 0 Å². The first kappa shape index (κ1) is 12.3. The van der Waals surface area contributed by atoms with Crippen molar-refractivity contribution >= 4 is 5.69 Å². The SMILES string of the molecule is CC(C)c1cccc2c1NCCC(C(C)C)O2. The number of nitrogens with one attached hydrogen (secondary N) is 1. The number of hydrogen-bond donors (Lipinski definition) is 1. The molecule has 1 atom stereocenters. The van der Waals surface area contributed by atoms with Gasteiger partial charge in [-0.15, -0.1) is 0 Å². The van der Waals surface area contributed by atoms with Crippen molar-refractivity contribution in [3.05, 3.63) is 23.8 Å². The topological polar surface area (TPSA) is 21.3 Å². The fourth-order valence-corrected chi connectivity index (χ4v) is 2.35. The highest BCUT2D eigenvalue weighted by molar-refractivity contribution is 5.63. The molecule has 0 amide bonds. The van der Waals surface area contributed by atoms with Crippen LogP contribution in [0.1, 0.15) is 45.6 Å². The summed E-state index contributed by atoms with van der Waals surface area (Å²) in [4.78, 5) is 0. The molecule has 1 aromatic carbocycles. The summed E-state index contributed by atoms with van der Waals surface area (Å²) in [6.45, 7) is 9.90. The molecule has 2 nitrogen and oxygen atoms in total. The summed E-state index contributed by atoms with van der Waals surface area (Å²) in [5.41, 5.74) is 2.55. The van der Waals surface area contributed by atoms with Crippen LogP contribution < -0.4 is 10.1 Å². The van der Waals surface area contributed by atoms with Crippen LogP contribution in [0.5, 0.6) is 5.75 Å². The van der Waals surface area contributed by atoms with Crippen molar-refractivity contribution in [2.24, 2.45) is 5.92 Å². The molecule has 0 aromatic heterocycles. The molecule has 0 fully saturated rings. The standard InChI is InChI=1S/C15H23NO/c1-10(2)12-6-5-7-14-15(12)16-9-8-13(17-14)11(3)4/h5-7,10-11,13,16H,8-9H2,1-4H3. The predicted molar refractivity (Wildman–Crippen MR) is 72.9 cm³/mol. The van der Waals surface area contributed by atoms with Gasteiger partial charge in [-0.1, -0.05) is 39.8 Å². The summed E-state index contributed by atoms with van der Waals surface area (Å²) in [6.07, 6.45) is 1.40. The Labute approximate surface area is 104 Å². The van der Waals surface area contributed by atoms with Crippen LogP contribution in [0.15, 0.2) is 18.2 Å². The molecule has 1 heterocycles. The Morgan fingerprint density at radius 3 is 2.65 bits per heavy atom. The number of rotatable bonds is 2.